The molecule has 5 N–H and O–H groups in total. The topological polar surface area (TPSA) is 108 Å². The van der Waals surface area contributed by atoms with E-state index in [-0.39, 0.29) is 5.91 Å². The van der Waals surface area contributed by atoms with E-state index >= 15 is 0 Å². The lowest BCUT2D eigenvalue weighted by Gasteiger charge is -2.17. The average molecular weight is 327 g/mol. The Morgan fingerprint density at radius 3 is 2.50 bits per heavy atom. The molecule has 0 unspecified atom stereocenters. The van der Waals surface area contributed by atoms with Gasteiger partial charge in [-0.15, -0.1) is 0 Å². The van der Waals surface area contributed by atoms with E-state index in [0.717, 1.165) is 17.7 Å². The second kappa shape index (κ2) is 9.17. The number of benzene rings is 1. The van der Waals surface area contributed by atoms with Crippen molar-refractivity contribution in [1.29, 1.82) is 0 Å². The van der Waals surface area contributed by atoms with Crippen LogP contribution in [-0.2, 0) is 0 Å². The van der Waals surface area contributed by atoms with Gasteiger partial charge in [0.05, 0.1) is 17.2 Å². The number of rotatable bonds is 8. The SMILES string of the molecule is NCCCC[C@H](NC(=O)c1ccc(-c2ccccc2)nc1)B(O)O. The third-order valence-electron chi connectivity index (χ3n) is 3.74. The number of nitrogens with one attached hydrogen (secondary N) is 1. The number of nitrogens with two attached hydrogens (primary N) is 1. The summed E-state index contributed by atoms with van der Waals surface area (Å²) in [6.45, 7) is 0.535. The molecule has 6 nitrogen and oxygen atoms in total. The van der Waals surface area contributed by atoms with Crippen molar-refractivity contribution in [3.63, 3.8) is 0 Å². The Balaban J connectivity index is 2.01. The van der Waals surface area contributed by atoms with E-state index in [1.807, 2.05) is 30.3 Å². The van der Waals surface area contributed by atoms with Crippen LogP contribution in [0.1, 0.15) is 29.6 Å². The minimum atomic E-state index is -1.61. The normalized spacial score (nSPS) is 11.8. The monoisotopic (exact) mass is 327 g/mol. The molecule has 0 saturated heterocycles. The van der Waals surface area contributed by atoms with Gasteiger partial charge in [-0.1, -0.05) is 36.8 Å². The number of carbonyl (C=O) groups excluding carboxylic acids is 1. The Labute approximate surface area is 141 Å². The number of nitrogens with zero attached hydrogens (tertiary/aromatic N) is 1. The zero-order valence-electron chi connectivity index (χ0n) is 13.4. The maximum Gasteiger partial charge on any atom is 0.475 e. The van der Waals surface area contributed by atoms with Crippen LogP contribution in [0, 0.1) is 0 Å². The molecule has 1 aromatic heterocycles. The molecule has 0 aliphatic carbocycles. The summed E-state index contributed by atoms with van der Waals surface area (Å²) < 4.78 is 0. The van der Waals surface area contributed by atoms with Crippen LogP contribution in [0.5, 0.6) is 0 Å². The Kier molecular flexibility index (Phi) is 6.93. The molecule has 0 spiro atoms. The molecule has 1 atom stereocenters. The van der Waals surface area contributed by atoms with Crippen molar-refractivity contribution < 1.29 is 14.8 Å². The van der Waals surface area contributed by atoms with Crippen LogP contribution in [0.15, 0.2) is 48.7 Å². The maximum atomic E-state index is 12.2. The molecular formula is C17H22BN3O3. The molecule has 2 aromatic rings. The van der Waals surface area contributed by atoms with Crippen molar-refractivity contribution in [3.8, 4) is 11.3 Å². The lowest BCUT2D eigenvalue weighted by atomic mass is 9.76. The van der Waals surface area contributed by atoms with Crippen LogP contribution in [0.3, 0.4) is 0 Å². The summed E-state index contributed by atoms with van der Waals surface area (Å²) in [6, 6.07) is 13.1. The smallest absolute Gasteiger partial charge is 0.426 e. The van der Waals surface area contributed by atoms with Gasteiger partial charge in [-0.2, -0.15) is 0 Å². The number of pyridine rings is 1. The summed E-state index contributed by atoms with van der Waals surface area (Å²) in [4.78, 5) is 16.5. The fraction of sp³-hybridized carbons (Fsp3) is 0.294. The molecule has 24 heavy (non-hydrogen) atoms. The van der Waals surface area contributed by atoms with E-state index in [1.54, 1.807) is 12.1 Å². The minimum absolute atomic E-state index is 0.374. The fourth-order valence-corrected chi connectivity index (χ4v) is 2.36. The Bertz CT molecular complexity index is 635. The van der Waals surface area contributed by atoms with Gasteiger partial charge in [0, 0.05) is 11.8 Å². The number of carbonyl (C=O) groups is 1. The van der Waals surface area contributed by atoms with Crippen LogP contribution >= 0.6 is 0 Å². The summed E-state index contributed by atoms with van der Waals surface area (Å²) >= 11 is 0. The molecule has 0 fully saturated rings. The standard InChI is InChI=1S/C17H22BN3O3/c19-11-5-4-8-16(18(23)24)21-17(22)14-9-10-15(20-12-14)13-6-2-1-3-7-13/h1-3,6-7,9-10,12,16,23-24H,4-5,8,11,19H2,(H,21,22)/t16-/m0/s1. The van der Waals surface area contributed by atoms with Crippen molar-refractivity contribution in [2.24, 2.45) is 5.73 Å². The first-order valence-corrected chi connectivity index (χ1v) is 8.00. The van der Waals surface area contributed by atoms with Crippen LogP contribution in [-0.4, -0.2) is 40.5 Å². The minimum Gasteiger partial charge on any atom is -0.426 e. The summed E-state index contributed by atoms with van der Waals surface area (Å²) in [5.41, 5.74) is 7.54. The van der Waals surface area contributed by atoms with Crippen LogP contribution in [0.2, 0.25) is 0 Å². The van der Waals surface area contributed by atoms with Gasteiger partial charge in [-0.05, 0) is 31.5 Å². The maximum absolute atomic E-state index is 12.2. The molecule has 7 heteroatoms. The van der Waals surface area contributed by atoms with Gasteiger partial charge in [0.15, 0.2) is 0 Å². The highest BCUT2D eigenvalue weighted by Gasteiger charge is 2.25. The molecule has 0 radical (unpaired) electrons. The van der Waals surface area contributed by atoms with E-state index in [4.69, 9.17) is 5.73 Å². The fourth-order valence-electron chi connectivity index (χ4n) is 2.36. The highest BCUT2D eigenvalue weighted by molar-refractivity contribution is 6.43. The molecule has 1 aromatic carbocycles. The first-order chi connectivity index (χ1) is 11.6. The molecule has 0 aliphatic heterocycles. The quantitative estimate of drug-likeness (QED) is 0.427. The van der Waals surface area contributed by atoms with Crippen molar-refractivity contribution in [1.82, 2.24) is 10.3 Å². The summed E-state index contributed by atoms with van der Waals surface area (Å²) in [6.07, 6.45) is 3.42. The van der Waals surface area contributed by atoms with E-state index in [0.29, 0.717) is 24.9 Å². The van der Waals surface area contributed by atoms with Gasteiger partial charge in [-0.25, -0.2) is 0 Å². The second-order valence-corrected chi connectivity index (χ2v) is 5.58. The third kappa shape index (κ3) is 5.16. The zero-order chi connectivity index (χ0) is 17.4. The largest absolute Gasteiger partial charge is 0.475 e. The lowest BCUT2D eigenvalue weighted by molar-refractivity contribution is 0.0939. The number of amides is 1. The van der Waals surface area contributed by atoms with Crippen molar-refractivity contribution in [2.45, 2.75) is 25.2 Å². The molecular weight excluding hydrogens is 305 g/mol. The van der Waals surface area contributed by atoms with Gasteiger partial charge in [0.2, 0.25) is 0 Å². The first-order valence-electron chi connectivity index (χ1n) is 8.00. The summed E-state index contributed by atoms with van der Waals surface area (Å²) in [5, 5.41) is 21.4. The van der Waals surface area contributed by atoms with Crippen molar-refractivity contribution in [3.05, 3.63) is 54.2 Å². The average Bonchev–Trinajstić information content (AvgIpc) is 2.61. The first kappa shape index (κ1) is 18.1. The van der Waals surface area contributed by atoms with Crippen LogP contribution in [0.4, 0.5) is 0 Å². The Morgan fingerprint density at radius 1 is 1.17 bits per heavy atom. The van der Waals surface area contributed by atoms with E-state index in [9.17, 15) is 14.8 Å². The third-order valence-corrected chi connectivity index (χ3v) is 3.74. The van der Waals surface area contributed by atoms with Gasteiger partial charge >= 0.3 is 7.12 Å². The molecule has 2 rings (SSSR count). The lowest BCUT2D eigenvalue weighted by Crippen LogP contribution is -2.46. The number of hydrogen-bond acceptors (Lipinski definition) is 5. The number of unbranched alkanes of at least 4 members (excludes halogenated alkanes) is 1. The predicted molar refractivity (Wildman–Crippen MR) is 94.0 cm³/mol. The van der Waals surface area contributed by atoms with E-state index in [1.165, 1.54) is 6.20 Å². The van der Waals surface area contributed by atoms with Crippen LogP contribution < -0.4 is 11.1 Å². The number of aromatic nitrogens is 1. The zero-order valence-corrected chi connectivity index (χ0v) is 13.4. The van der Waals surface area contributed by atoms with Crippen LogP contribution in [0.25, 0.3) is 11.3 Å². The molecule has 0 aliphatic rings. The highest BCUT2D eigenvalue weighted by Crippen LogP contribution is 2.16. The Morgan fingerprint density at radius 2 is 1.92 bits per heavy atom. The van der Waals surface area contributed by atoms with Gasteiger partial charge in [-0.3, -0.25) is 9.78 Å². The van der Waals surface area contributed by atoms with E-state index < -0.39 is 13.1 Å². The van der Waals surface area contributed by atoms with E-state index in [2.05, 4.69) is 10.3 Å². The van der Waals surface area contributed by atoms with Crippen molar-refractivity contribution in [2.75, 3.05) is 6.54 Å². The molecule has 126 valence electrons. The van der Waals surface area contributed by atoms with Gasteiger partial charge in [0.1, 0.15) is 0 Å². The van der Waals surface area contributed by atoms with Gasteiger partial charge < -0.3 is 21.1 Å². The molecule has 1 amide bonds. The van der Waals surface area contributed by atoms with Gasteiger partial charge in [0.25, 0.3) is 5.91 Å². The predicted octanol–water partition coefficient (Wildman–Crippen LogP) is 0.988. The van der Waals surface area contributed by atoms with Crippen molar-refractivity contribution >= 4 is 13.0 Å². The number of hydrogen-bond donors (Lipinski definition) is 4. The molecule has 1 heterocycles. The molecule has 0 bridgehead atoms. The molecule has 0 saturated carbocycles. The highest BCUT2D eigenvalue weighted by atomic mass is 16.4. The summed E-state index contributed by atoms with van der Waals surface area (Å²) in [5.74, 6) is -1.11. The second-order valence-electron chi connectivity index (χ2n) is 5.58. The summed E-state index contributed by atoms with van der Waals surface area (Å²) in [7, 11) is -1.61. The Hall–Kier alpha value is -2.22.